The number of hydrogen-bond donors (Lipinski definition) is 2. The van der Waals surface area contributed by atoms with Crippen molar-refractivity contribution >= 4 is 33.4 Å². The Morgan fingerprint density at radius 2 is 2.03 bits per heavy atom. The van der Waals surface area contributed by atoms with Crippen molar-refractivity contribution in [1.82, 2.24) is 5.32 Å². The highest BCUT2D eigenvalue weighted by Crippen LogP contribution is 2.29. The number of carbonyl (C=O) groups excluding carboxylic acids is 2. The molecule has 0 bridgehead atoms. The van der Waals surface area contributed by atoms with Crippen molar-refractivity contribution in [3.8, 4) is 5.75 Å². The van der Waals surface area contributed by atoms with Crippen molar-refractivity contribution in [1.29, 1.82) is 0 Å². The van der Waals surface area contributed by atoms with E-state index in [1.165, 1.54) is 5.56 Å². The Labute approximate surface area is 185 Å². The molecule has 0 radical (unpaired) electrons. The second-order valence-corrected chi connectivity index (χ2v) is 8.43. The first-order valence-corrected chi connectivity index (χ1v) is 10.9. The number of rotatable bonds is 8. The Balaban J connectivity index is 1.57. The topological polar surface area (TPSA) is 76.7 Å². The molecule has 0 aliphatic carbocycles. The van der Waals surface area contributed by atoms with Crippen molar-refractivity contribution in [3.05, 3.63) is 58.1 Å². The molecule has 30 heavy (non-hydrogen) atoms. The second kappa shape index (κ2) is 10.6. The average molecular weight is 475 g/mol. The molecule has 0 spiro atoms. The number of halogens is 1. The van der Waals surface area contributed by atoms with Gasteiger partial charge in [0.15, 0.2) is 6.61 Å². The summed E-state index contributed by atoms with van der Waals surface area (Å²) in [6.45, 7) is 5.27. The van der Waals surface area contributed by atoms with Crippen LogP contribution in [0.1, 0.15) is 48.5 Å². The Morgan fingerprint density at radius 3 is 2.73 bits per heavy atom. The first-order chi connectivity index (χ1) is 14.4. The fourth-order valence-electron chi connectivity index (χ4n) is 3.22. The van der Waals surface area contributed by atoms with E-state index in [4.69, 9.17) is 9.47 Å². The van der Waals surface area contributed by atoms with Crippen LogP contribution >= 0.6 is 15.9 Å². The van der Waals surface area contributed by atoms with Gasteiger partial charge >= 0.3 is 0 Å². The van der Waals surface area contributed by atoms with Crippen molar-refractivity contribution in [3.63, 3.8) is 0 Å². The molecule has 3 rings (SSSR count). The van der Waals surface area contributed by atoms with Crippen LogP contribution in [0, 0.1) is 0 Å². The lowest BCUT2D eigenvalue weighted by molar-refractivity contribution is -0.118. The van der Waals surface area contributed by atoms with Crippen LogP contribution < -0.4 is 15.4 Å². The molecule has 6 nitrogen and oxygen atoms in total. The molecule has 1 atom stereocenters. The van der Waals surface area contributed by atoms with Crippen molar-refractivity contribution in [2.45, 2.75) is 38.7 Å². The fourth-order valence-corrected chi connectivity index (χ4v) is 3.73. The lowest BCUT2D eigenvalue weighted by Crippen LogP contribution is -2.32. The highest BCUT2D eigenvalue weighted by atomic mass is 79.9. The average Bonchev–Trinajstić information content (AvgIpc) is 3.25. The second-order valence-electron chi connectivity index (χ2n) is 7.57. The molecule has 7 heteroatoms. The summed E-state index contributed by atoms with van der Waals surface area (Å²) in [5.41, 5.74) is 2.04. The van der Waals surface area contributed by atoms with E-state index < -0.39 is 0 Å². The summed E-state index contributed by atoms with van der Waals surface area (Å²) >= 11 is 3.49. The zero-order valence-corrected chi connectivity index (χ0v) is 18.8. The summed E-state index contributed by atoms with van der Waals surface area (Å²) in [5.74, 6) is 0.419. The molecule has 1 heterocycles. The molecule has 1 fully saturated rings. The van der Waals surface area contributed by atoms with Crippen LogP contribution in [-0.2, 0) is 9.53 Å². The molecular weight excluding hydrogens is 448 g/mol. The molecule has 0 aromatic heterocycles. The molecular formula is C23H27BrN2O4. The third-order valence-electron chi connectivity index (χ3n) is 4.94. The molecule has 1 aliphatic rings. The van der Waals surface area contributed by atoms with Gasteiger partial charge in [-0.3, -0.25) is 9.59 Å². The molecule has 2 aromatic rings. The van der Waals surface area contributed by atoms with Gasteiger partial charge in [0, 0.05) is 13.2 Å². The van der Waals surface area contributed by atoms with Crippen molar-refractivity contribution < 1.29 is 19.1 Å². The van der Waals surface area contributed by atoms with Crippen LogP contribution in [0.3, 0.4) is 0 Å². The monoisotopic (exact) mass is 474 g/mol. The van der Waals surface area contributed by atoms with Crippen LogP contribution in [0.2, 0.25) is 0 Å². The Morgan fingerprint density at radius 1 is 1.23 bits per heavy atom. The van der Waals surface area contributed by atoms with Gasteiger partial charge in [-0.25, -0.2) is 0 Å². The molecule has 1 saturated heterocycles. The number of ether oxygens (including phenoxy) is 2. The lowest BCUT2D eigenvalue weighted by Gasteiger charge is -2.14. The van der Waals surface area contributed by atoms with Crippen LogP contribution in [0.5, 0.6) is 5.75 Å². The maximum absolute atomic E-state index is 12.6. The maximum atomic E-state index is 12.6. The number of carbonyl (C=O) groups is 2. The van der Waals surface area contributed by atoms with Gasteiger partial charge in [0.25, 0.3) is 11.8 Å². The van der Waals surface area contributed by atoms with Gasteiger partial charge in [0.1, 0.15) is 5.75 Å². The van der Waals surface area contributed by atoms with E-state index in [1.807, 2.05) is 18.2 Å². The summed E-state index contributed by atoms with van der Waals surface area (Å²) in [4.78, 5) is 25.0. The van der Waals surface area contributed by atoms with Crippen LogP contribution in [0.4, 0.5) is 5.69 Å². The highest BCUT2D eigenvalue weighted by Gasteiger charge is 2.18. The van der Waals surface area contributed by atoms with E-state index in [1.54, 1.807) is 24.3 Å². The van der Waals surface area contributed by atoms with Crippen LogP contribution in [0.15, 0.2) is 46.9 Å². The zero-order valence-electron chi connectivity index (χ0n) is 17.2. The Bertz CT molecular complexity index is 895. The summed E-state index contributed by atoms with van der Waals surface area (Å²) in [5, 5.41) is 5.65. The predicted molar refractivity (Wildman–Crippen MR) is 120 cm³/mol. The van der Waals surface area contributed by atoms with Crippen LogP contribution in [0.25, 0.3) is 0 Å². The van der Waals surface area contributed by atoms with Gasteiger partial charge in [-0.05, 0) is 64.5 Å². The molecule has 0 unspecified atom stereocenters. The Kier molecular flexibility index (Phi) is 7.87. The molecule has 2 amide bonds. The van der Waals surface area contributed by atoms with Gasteiger partial charge in [-0.1, -0.05) is 32.0 Å². The standard InChI is InChI=1S/C23H27BrN2O4/c1-15(2)16-9-10-21(19(24)12-16)30-14-22(27)26-20-8-4-3-7-18(20)23(28)25-13-17-6-5-11-29-17/h3-4,7-10,12,15,17H,5-6,11,13-14H2,1-2H3,(H,25,28)(H,26,27)/t17-/m0/s1. The number of para-hydroxylation sites is 1. The lowest BCUT2D eigenvalue weighted by atomic mass is 10.0. The minimum absolute atomic E-state index is 0.0598. The quantitative estimate of drug-likeness (QED) is 0.590. The number of amides is 2. The Hall–Kier alpha value is -2.38. The van der Waals surface area contributed by atoms with E-state index in [0.717, 1.165) is 23.9 Å². The van der Waals surface area contributed by atoms with E-state index in [2.05, 4.69) is 40.4 Å². The third-order valence-corrected chi connectivity index (χ3v) is 5.56. The smallest absolute Gasteiger partial charge is 0.262 e. The number of hydrogen-bond acceptors (Lipinski definition) is 4. The van der Waals surface area contributed by atoms with E-state index in [9.17, 15) is 9.59 Å². The SMILES string of the molecule is CC(C)c1ccc(OCC(=O)Nc2ccccc2C(=O)NC[C@@H]2CCCO2)c(Br)c1. The third kappa shape index (κ3) is 6.06. The number of anilines is 1. The van der Waals surface area contributed by atoms with Gasteiger partial charge in [-0.15, -0.1) is 0 Å². The fraction of sp³-hybridized carbons (Fsp3) is 0.391. The maximum Gasteiger partial charge on any atom is 0.262 e. The van der Waals surface area contributed by atoms with Crippen LogP contribution in [-0.4, -0.2) is 37.7 Å². The minimum atomic E-state index is -0.339. The van der Waals surface area contributed by atoms with Crippen molar-refractivity contribution in [2.75, 3.05) is 25.1 Å². The summed E-state index contributed by atoms with van der Waals surface area (Å²) < 4.78 is 12.0. The van der Waals surface area contributed by atoms with E-state index >= 15 is 0 Å². The molecule has 160 valence electrons. The zero-order chi connectivity index (χ0) is 21.5. The van der Waals surface area contributed by atoms with Crippen molar-refractivity contribution in [2.24, 2.45) is 0 Å². The van der Waals surface area contributed by atoms with E-state index in [0.29, 0.717) is 29.5 Å². The minimum Gasteiger partial charge on any atom is -0.483 e. The van der Waals surface area contributed by atoms with Gasteiger partial charge in [-0.2, -0.15) is 0 Å². The number of benzene rings is 2. The normalized spacial score (nSPS) is 15.8. The highest BCUT2D eigenvalue weighted by molar-refractivity contribution is 9.10. The number of nitrogens with one attached hydrogen (secondary N) is 2. The van der Waals surface area contributed by atoms with Gasteiger partial charge in [0.05, 0.1) is 21.8 Å². The molecule has 2 N–H and O–H groups in total. The van der Waals surface area contributed by atoms with E-state index in [-0.39, 0.29) is 24.5 Å². The first-order valence-electron chi connectivity index (χ1n) is 10.1. The summed E-state index contributed by atoms with van der Waals surface area (Å²) in [6.07, 6.45) is 2.03. The summed E-state index contributed by atoms with van der Waals surface area (Å²) in [6, 6.07) is 12.7. The molecule has 2 aromatic carbocycles. The largest absolute Gasteiger partial charge is 0.483 e. The summed E-state index contributed by atoms with van der Waals surface area (Å²) in [7, 11) is 0. The predicted octanol–water partition coefficient (Wildman–Crippen LogP) is 4.50. The first kappa shape index (κ1) is 22.3. The van der Waals surface area contributed by atoms with Gasteiger partial charge in [0.2, 0.25) is 0 Å². The molecule has 0 saturated carbocycles. The molecule has 1 aliphatic heterocycles. The van der Waals surface area contributed by atoms with Gasteiger partial charge < -0.3 is 20.1 Å².